The summed E-state index contributed by atoms with van der Waals surface area (Å²) in [6.07, 6.45) is 2.77. The lowest BCUT2D eigenvalue weighted by Crippen LogP contribution is -2.56. The largest absolute Gasteiger partial charge is 0.382 e. The number of pyridine rings is 2. The summed E-state index contributed by atoms with van der Waals surface area (Å²) in [6, 6.07) is 16.6. The monoisotopic (exact) mass is 761 g/mol. The molecule has 0 saturated carbocycles. The van der Waals surface area contributed by atoms with Gasteiger partial charge >= 0.3 is 0 Å². The third kappa shape index (κ3) is 8.49. The van der Waals surface area contributed by atoms with Crippen LogP contribution in [-0.2, 0) is 22.7 Å². The van der Waals surface area contributed by atoms with Gasteiger partial charge in [0.1, 0.15) is 41.4 Å². The number of likely N-dealkylation sites (tertiary alicyclic amines) is 1. The van der Waals surface area contributed by atoms with Crippen LogP contribution in [0.3, 0.4) is 0 Å². The summed E-state index contributed by atoms with van der Waals surface area (Å²) in [5.41, 5.74) is 23.5. The fourth-order valence-corrected chi connectivity index (χ4v) is 6.94. The van der Waals surface area contributed by atoms with Crippen LogP contribution in [0.25, 0.3) is 44.6 Å². The fraction of sp³-hybridized carbons (Fsp3) is 0.282. The minimum atomic E-state index is -0.344. The number of nitrogen functional groups attached to an aromatic ring is 2. The number of benzene rings is 2. The van der Waals surface area contributed by atoms with Crippen molar-refractivity contribution < 1.29 is 18.4 Å². The fourth-order valence-electron chi connectivity index (χ4n) is 6.94. The number of rotatable bonds is 8. The average molecular weight is 762 g/mol. The molecule has 7 N–H and O–H groups in total. The second-order valence-corrected chi connectivity index (χ2v) is 14.0. The summed E-state index contributed by atoms with van der Waals surface area (Å²) in [6.45, 7) is 4.46. The molecule has 2 saturated heterocycles. The lowest BCUT2D eigenvalue weighted by atomic mass is 9.98. The van der Waals surface area contributed by atoms with Gasteiger partial charge in [-0.1, -0.05) is 0 Å². The van der Waals surface area contributed by atoms with Crippen LogP contribution in [0.2, 0.25) is 0 Å². The molecule has 0 bridgehead atoms. The number of hydrogen-bond donors (Lipinski definition) is 4. The van der Waals surface area contributed by atoms with E-state index in [2.05, 4.69) is 40.1 Å². The molecule has 6 aromatic rings. The maximum Gasteiger partial charge on any atom is 0.238 e. The van der Waals surface area contributed by atoms with Gasteiger partial charge < -0.3 is 22.5 Å². The Labute approximate surface area is 321 Å². The van der Waals surface area contributed by atoms with E-state index in [1.165, 1.54) is 36.9 Å². The van der Waals surface area contributed by atoms with Gasteiger partial charge in [0.2, 0.25) is 11.8 Å². The van der Waals surface area contributed by atoms with Crippen molar-refractivity contribution in [2.45, 2.75) is 19.1 Å². The van der Waals surface area contributed by atoms with E-state index in [0.29, 0.717) is 77.3 Å². The van der Waals surface area contributed by atoms with Gasteiger partial charge in [-0.05, 0) is 78.8 Å². The molecule has 2 aliphatic heterocycles. The molecular formula is C39H41F2N13O2. The SMILES string of the molecule is CNC(=O)C1CN(Cc2cc(F)cc(-c3ccc4ncnc(N)c4n3)c2)CCN1C.NC(=O)C1CN(Cc2cc(F)cc(-c3ccc4ncnc(N)c4n3)c2)C1. The molecule has 0 spiro atoms. The molecule has 0 aliphatic carbocycles. The van der Waals surface area contributed by atoms with Gasteiger partial charge in [-0.25, -0.2) is 38.7 Å². The molecule has 288 valence electrons. The van der Waals surface area contributed by atoms with Crippen molar-refractivity contribution >= 4 is 45.5 Å². The lowest BCUT2D eigenvalue weighted by molar-refractivity contribution is -0.128. The molecular weight excluding hydrogens is 721 g/mol. The summed E-state index contributed by atoms with van der Waals surface area (Å²) in [7, 11) is 3.58. The van der Waals surface area contributed by atoms with Gasteiger partial charge in [-0.15, -0.1) is 0 Å². The van der Waals surface area contributed by atoms with Gasteiger partial charge in [0.05, 0.1) is 28.3 Å². The van der Waals surface area contributed by atoms with E-state index in [1.807, 2.05) is 29.0 Å². The van der Waals surface area contributed by atoms with Crippen LogP contribution >= 0.6 is 0 Å². The Morgan fingerprint density at radius 3 is 1.75 bits per heavy atom. The van der Waals surface area contributed by atoms with E-state index in [1.54, 1.807) is 31.3 Å². The highest BCUT2D eigenvalue weighted by atomic mass is 19.1. The van der Waals surface area contributed by atoms with Gasteiger partial charge in [0, 0.05) is 64.0 Å². The van der Waals surface area contributed by atoms with Crippen LogP contribution in [0, 0.1) is 17.6 Å². The Morgan fingerprint density at radius 1 is 0.732 bits per heavy atom. The van der Waals surface area contributed by atoms with E-state index in [0.717, 1.165) is 24.2 Å². The number of carbonyl (C=O) groups excluding carboxylic acids is 2. The molecule has 6 heterocycles. The number of nitrogens with one attached hydrogen (secondary N) is 1. The van der Waals surface area contributed by atoms with E-state index in [-0.39, 0.29) is 47.0 Å². The first-order chi connectivity index (χ1) is 26.9. The zero-order valence-electron chi connectivity index (χ0n) is 30.9. The highest BCUT2D eigenvalue weighted by Crippen LogP contribution is 2.27. The summed E-state index contributed by atoms with van der Waals surface area (Å²) >= 11 is 0. The summed E-state index contributed by atoms with van der Waals surface area (Å²) in [5.74, 6) is -0.526. The smallest absolute Gasteiger partial charge is 0.238 e. The molecule has 2 amide bonds. The van der Waals surface area contributed by atoms with Crippen molar-refractivity contribution in [1.29, 1.82) is 0 Å². The predicted molar refractivity (Wildman–Crippen MR) is 208 cm³/mol. The van der Waals surface area contributed by atoms with E-state index in [4.69, 9.17) is 17.2 Å². The molecule has 2 aliphatic rings. The summed E-state index contributed by atoms with van der Waals surface area (Å²) in [4.78, 5) is 54.7. The number of amides is 2. The van der Waals surface area contributed by atoms with Crippen LogP contribution in [0.5, 0.6) is 0 Å². The number of nitrogens with two attached hydrogens (primary N) is 3. The number of likely N-dealkylation sites (N-methyl/N-ethyl adjacent to an activating group) is 2. The Bertz CT molecular complexity index is 2430. The van der Waals surface area contributed by atoms with Crippen LogP contribution in [-0.4, -0.2) is 109 Å². The molecule has 1 atom stereocenters. The number of nitrogens with zero attached hydrogens (tertiary/aromatic N) is 9. The zero-order valence-corrected chi connectivity index (χ0v) is 30.9. The Balaban J connectivity index is 0.000000173. The summed E-state index contributed by atoms with van der Waals surface area (Å²) in [5, 5.41) is 2.71. The average Bonchev–Trinajstić information content (AvgIpc) is 3.16. The molecule has 8 rings (SSSR count). The second-order valence-electron chi connectivity index (χ2n) is 14.0. The number of carbonyl (C=O) groups is 2. The minimum Gasteiger partial charge on any atom is -0.382 e. The normalized spacial score (nSPS) is 16.6. The quantitative estimate of drug-likeness (QED) is 0.176. The van der Waals surface area contributed by atoms with Crippen molar-refractivity contribution in [3.63, 3.8) is 0 Å². The Kier molecular flexibility index (Phi) is 11.0. The zero-order chi connectivity index (χ0) is 39.5. The highest BCUT2D eigenvalue weighted by molar-refractivity contribution is 5.87. The molecule has 0 radical (unpaired) electrons. The Morgan fingerprint density at radius 2 is 1.25 bits per heavy atom. The van der Waals surface area contributed by atoms with Crippen molar-refractivity contribution in [3.05, 3.63) is 96.1 Å². The molecule has 2 fully saturated rings. The predicted octanol–water partition coefficient (Wildman–Crippen LogP) is 2.61. The van der Waals surface area contributed by atoms with Gasteiger partial charge in [0.25, 0.3) is 0 Å². The number of hydrogen-bond acceptors (Lipinski definition) is 13. The first-order valence-electron chi connectivity index (χ1n) is 17.9. The second kappa shape index (κ2) is 16.2. The highest BCUT2D eigenvalue weighted by Gasteiger charge is 2.31. The van der Waals surface area contributed by atoms with Crippen molar-refractivity contribution in [2.24, 2.45) is 11.7 Å². The van der Waals surface area contributed by atoms with E-state index < -0.39 is 0 Å². The van der Waals surface area contributed by atoms with Crippen LogP contribution in [0.1, 0.15) is 11.1 Å². The molecule has 15 nitrogen and oxygen atoms in total. The van der Waals surface area contributed by atoms with Crippen molar-refractivity contribution in [1.82, 2.24) is 49.9 Å². The number of anilines is 2. The number of primary amides is 1. The number of piperazine rings is 1. The number of halogens is 2. The van der Waals surface area contributed by atoms with Crippen LogP contribution in [0.4, 0.5) is 20.4 Å². The number of fused-ring (bicyclic) bond motifs is 2. The topological polar surface area (TPSA) is 211 Å². The van der Waals surface area contributed by atoms with Gasteiger partial charge in [-0.2, -0.15) is 0 Å². The third-order valence-corrected chi connectivity index (χ3v) is 9.98. The minimum absolute atomic E-state index is 0.0118. The Hall–Kier alpha value is -6.30. The first kappa shape index (κ1) is 38.0. The van der Waals surface area contributed by atoms with Crippen LogP contribution in [0.15, 0.2) is 73.3 Å². The standard InChI is InChI=1S/C21H24FN7O.C18H17FN6O/c1-24-21(30)18-11-29(6-5-28(18)2)10-13-7-14(9-15(22)8-13)16-3-4-17-19(27-16)20(23)26-12-25-17;19-13-4-10(6-25-7-12(8-25)18(21)26)3-11(5-13)14-1-2-15-16(24-14)17(20)23-9-22-15/h3-4,7-9,12,18H,5-6,10-11H2,1-2H3,(H,24,30)(H2,23,25,26);1-5,9,12H,6-8H2,(H2,21,26)(H2,20,22,23). The van der Waals surface area contributed by atoms with Crippen molar-refractivity contribution in [3.8, 4) is 22.5 Å². The lowest BCUT2D eigenvalue weighted by Gasteiger charge is -2.38. The molecule has 17 heteroatoms. The maximum atomic E-state index is 14.4. The maximum absolute atomic E-state index is 14.4. The van der Waals surface area contributed by atoms with E-state index >= 15 is 0 Å². The van der Waals surface area contributed by atoms with Crippen molar-refractivity contribution in [2.75, 3.05) is 58.3 Å². The summed E-state index contributed by atoms with van der Waals surface area (Å²) < 4.78 is 28.5. The molecule has 2 aromatic carbocycles. The molecule has 1 unspecified atom stereocenters. The molecule has 4 aromatic heterocycles. The molecule has 56 heavy (non-hydrogen) atoms. The van der Waals surface area contributed by atoms with Crippen LogP contribution < -0.4 is 22.5 Å². The van der Waals surface area contributed by atoms with E-state index in [9.17, 15) is 18.4 Å². The third-order valence-electron chi connectivity index (χ3n) is 9.98. The first-order valence-corrected chi connectivity index (χ1v) is 17.9. The number of aromatic nitrogens is 6. The van der Waals surface area contributed by atoms with Gasteiger partial charge in [0.15, 0.2) is 11.6 Å². The van der Waals surface area contributed by atoms with Gasteiger partial charge in [-0.3, -0.25) is 24.3 Å².